The van der Waals surface area contributed by atoms with Crippen molar-refractivity contribution in [2.24, 2.45) is 5.10 Å². The smallest absolute Gasteiger partial charge is 0.404 e. The number of thiophene rings is 2. The zero-order chi connectivity index (χ0) is 19.8. The normalized spacial score (nSPS) is 20.7. The number of rotatable bonds is 3. The van der Waals surface area contributed by atoms with Gasteiger partial charge in [-0.05, 0) is 29.0 Å². The predicted octanol–water partition coefficient (Wildman–Crippen LogP) is 5.06. The van der Waals surface area contributed by atoms with Crippen LogP contribution in [0.1, 0.15) is 16.7 Å². The number of alkyl halides is 3. The lowest BCUT2D eigenvalue weighted by Crippen LogP contribution is -2.47. The van der Waals surface area contributed by atoms with Gasteiger partial charge in [-0.2, -0.15) is 18.3 Å². The van der Waals surface area contributed by atoms with Crippen molar-refractivity contribution in [1.29, 1.82) is 0 Å². The summed E-state index contributed by atoms with van der Waals surface area (Å²) < 4.78 is 48.3. The van der Waals surface area contributed by atoms with Gasteiger partial charge >= 0.3 is 12.1 Å². The number of carbonyl (C=O) groups is 1. The summed E-state index contributed by atoms with van der Waals surface area (Å²) >= 11 is 8.26. The minimum absolute atomic E-state index is 0.00345. The monoisotopic (exact) mass is 434 g/mol. The van der Waals surface area contributed by atoms with Crippen LogP contribution in [-0.4, -0.2) is 36.5 Å². The molecule has 1 aliphatic heterocycles. The number of halogens is 4. The van der Waals surface area contributed by atoms with Crippen LogP contribution in [0.25, 0.3) is 0 Å². The second-order valence-electron chi connectivity index (χ2n) is 5.91. The van der Waals surface area contributed by atoms with Gasteiger partial charge in [-0.15, -0.1) is 22.7 Å². The Hall–Kier alpha value is -1.84. The molecule has 10 heteroatoms. The average molecular weight is 435 g/mol. The fourth-order valence-corrected chi connectivity index (χ4v) is 4.94. The van der Waals surface area contributed by atoms with E-state index in [1.54, 1.807) is 17.5 Å². The van der Waals surface area contributed by atoms with E-state index in [1.165, 1.54) is 34.8 Å². The number of ether oxygens (including phenoxy) is 1. The summed E-state index contributed by atoms with van der Waals surface area (Å²) in [5.41, 5.74) is -2.30. The molecule has 27 heavy (non-hydrogen) atoms. The number of likely N-dealkylation sites (N-methyl/N-ethyl adjacent to an activating group) is 1. The summed E-state index contributed by atoms with van der Waals surface area (Å²) in [5.74, 6) is -0.973. The number of hydrazone groups is 1. The number of allylic oxidation sites excluding steroid dienone is 1. The molecule has 2 aromatic heterocycles. The fourth-order valence-electron chi connectivity index (χ4n) is 2.82. The molecule has 3 rings (SSSR count). The molecule has 2 aromatic rings. The number of carbonyl (C=O) groups excluding carboxylic acids is 1. The highest BCUT2D eigenvalue weighted by atomic mass is 35.5. The minimum Gasteiger partial charge on any atom is -0.425 e. The number of esters is 1. The summed E-state index contributed by atoms with van der Waals surface area (Å²) in [5, 5.41) is 8.74. The molecule has 1 aliphatic rings. The Morgan fingerprint density at radius 2 is 2.07 bits per heavy atom. The van der Waals surface area contributed by atoms with Crippen LogP contribution in [0.3, 0.4) is 0 Å². The van der Waals surface area contributed by atoms with Gasteiger partial charge in [-0.25, -0.2) is 0 Å². The molecule has 0 spiro atoms. The van der Waals surface area contributed by atoms with Crippen LogP contribution in [0.5, 0.6) is 0 Å². The molecule has 0 radical (unpaired) electrons. The third kappa shape index (κ3) is 3.76. The first-order valence-corrected chi connectivity index (χ1v) is 9.83. The average Bonchev–Trinajstić information content (AvgIpc) is 3.18. The molecule has 1 unspecified atom stereocenters. The third-order valence-corrected chi connectivity index (χ3v) is 6.29. The van der Waals surface area contributed by atoms with Gasteiger partial charge in [-0.3, -0.25) is 9.80 Å². The summed E-state index contributed by atoms with van der Waals surface area (Å²) in [4.78, 5) is 12.1. The number of nitrogens with zero attached hydrogens (tertiary/aromatic N) is 2. The Morgan fingerprint density at radius 3 is 2.59 bits per heavy atom. The summed E-state index contributed by atoms with van der Waals surface area (Å²) in [6.07, 6.45) is -3.77. The van der Waals surface area contributed by atoms with Crippen molar-refractivity contribution in [3.63, 3.8) is 0 Å². The molecule has 3 heterocycles. The quantitative estimate of drug-likeness (QED) is 0.634. The Kier molecular flexibility index (Phi) is 5.38. The highest BCUT2D eigenvalue weighted by Crippen LogP contribution is 2.49. The number of hydrogen-bond donors (Lipinski definition) is 0. The van der Waals surface area contributed by atoms with Gasteiger partial charge in [0.15, 0.2) is 5.76 Å². The van der Waals surface area contributed by atoms with Crippen molar-refractivity contribution in [2.45, 2.75) is 18.5 Å². The number of hydrogen-bond acceptors (Lipinski definition) is 6. The molecule has 0 fully saturated rings. The fraction of sp³-hybridized carbons (Fsp3) is 0.294. The molecule has 4 nitrogen and oxygen atoms in total. The van der Waals surface area contributed by atoms with E-state index >= 15 is 0 Å². The van der Waals surface area contributed by atoms with Crippen LogP contribution in [0.2, 0.25) is 5.02 Å². The van der Waals surface area contributed by atoms with Gasteiger partial charge in [0.25, 0.3) is 0 Å². The third-order valence-electron chi connectivity index (χ3n) is 3.90. The van der Waals surface area contributed by atoms with Crippen LogP contribution in [-0.2, 0) is 14.9 Å². The summed E-state index contributed by atoms with van der Waals surface area (Å²) in [6.45, 7) is 0.630. The molecule has 0 N–H and O–H groups in total. The van der Waals surface area contributed by atoms with Crippen molar-refractivity contribution in [1.82, 2.24) is 5.01 Å². The SMILES string of the molecule is CC(=O)OC1=CC(c2sccc2Cl)(C(F)(F)F)CN(C)N=C1c1cccs1. The molecule has 0 amide bonds. The van der Waals surface area contributed by atoms with E-state index in [2.05, 4.69) is 5.10 Å². The second kappa shape index (κ2) is 7.29. The van der Waals surface area contributed by atoms with E-state index in [0.717, 1.165) is 24.3 Å². The molecule has 0 saturated heterocycles. The summed E-state index contributed by atoms with van der Waals surface area (Å²) in [7, 11) is 1.44. The lowest BCUT2D eigenvalue weighted by molar-refractivity contribution is -0.179. The van der Waals surface area contributed by atoms with Crippen LogP contribution < -0.4 is 0 Å². The Balaban J connectivity index is 2.28. The zero-order valence-electron chi connectivity index (χ0n) is 14.2. The first-order valence-electron chi connectivity index (χ1n) is 7.69. The van der Waals surface area contributed by atoms with Gasteiger partial charge in [0.2, 0.25) is 0 Å². The van der Waals surface area contributed by atoms with Crippen LogP contribution in [0.4, 0.5) is 13.2 Å². The van der Waals surface area contributed by atoms with Gasteiger partial charge < -0.3 is 4.74 Å². The molecule has 0 bridgehead atoms. The molecule has 1 atom stereocenters. The molecule has 144 valence electrons. The molecule has 0 saturated carbocycles. The maximum atomic E-state index is 14.4. The van der Waals surface area contributed by atoms with E-state index in [1.807, 2.05) is 0 Å². The maximum absolute atomic E-state index is 14.4. The van der Waals surface area contributed by atoms with E-state index in [0.29, 0.717) is 4.88 Å². The Bertz CT molecular complexity index is 906. The van der Waals surface area contributed by atoms with Gasteiger partial charge in [-0.1, -0.05) is 17.7 Å². The van der Waals surface area contributed by atoms with E-state index in [-0.39, 0.29) is 21.4 Å². The van der Waals surface area contributed by atoms with Crippen LogP contribution in [0.15, 0.2) is 45.9 Å². The van der Waals surface area contributed by atoms with E-state index < -0.39 is 24.1 Å². The Morgan fingerprint density at radius 1 is 1.33 bits per heavy atom. The zero-order valence-corrected chi connectivity index (χ0v) is 16.6. The van der Waals surface area contributed by atoms with Crippen molar-refractivity contribution >= 4 is 46.0 Å². The molecular weight excluding hydrogens is 421 g/mol. The molecular formula is C17H14ClF3N2O2S2. The molecule has 0 aliphatic carbocycles. The largest absolute Gasteiger partial charge is 0.425 e. The first-order chi connectivity index (χ1) is 12.6. The molecule has 0 aromatic carbocycles. The highest BCUT2D eigenvalue weighted by molar-refractivity contribution is 7.12. The highest BCUT2D eigenvalue weighted by Gasteiger charge is 2.58. The summed E-state index contributed by atoms with van der Waals surface area (Å²) in [6, 6.07) is 4.86. The topological polar surface area (TPSA) is 41.9 Å². The first kappa shape index (κ1) is 19.9. The maximum Gasteiger partial charge on any atom is 0.404 e. The van der Waals surface area contributed by atoms with Gasteiger partial charge in [0.1, 0.15) is 11.1 Å². The standard InChI is InChI=1S/C17H14ClF3N2O2S2/c1-10(24)25-12-8-16(17(19,20)21,15-11(18)5-7-27-15)9-23(2)22-14(12)13-4-3-6-26-13/h3-8H,9H2,1-2H3. The van der Waals surface area contributed by atoms with Crippen molar-refractivity contribution in [2.75, 3.05) is 13.6 Å². The van der Waals surface area contributed by atoms with Crippen molar-refractivity contribution < 1.29 is 22.7 Å². The van der Waals surface area contributed by atoms with Crippen LogP contribution >= 0.6 is 34.3 Å². The van der Waals surface area contributed by atoms with Crippen LogP contribution in [0, 0.1) is 0 Å². The van der Waals surface area contributed by atoms with Crippen molar-refractivity contribution in [3.05, 3.63) is 55.6 Å². The second-order valence-corrected chi connectivity index (χ2v) is 8.18. The predicted molar refractivity (Wildman–Crippen MR) is 100 cm³/mol. The van der Waals surface area contributed by atoms with Gasteiger partial charge in [0, 0.05) is 18.8 Å². The van der Waals surface area contributed by atoms with E-state index in [4.69, 9.17) is 16.3 Å². The minimum atomic E-state index is -4.69. The lowest BCUT2D eigenvalue weighted by atomic mass is 9.83. The van der Waals surface area contributed by atoms with Crippen molar-refractivity contribution in [3.8, 4) is 0 Å². The van der Waals surface area contributed by atoms with E-state index in [9.17, 15) is 18.0 Å². The lowest BCUT2D eigenvalue weighted by Gasteiger charge is -2.34. The Labute approximate surface area is 166 Å². The van der Waals surface area contributed by atoms with Gasteiger partial charge in [0.05, 0.1) is 16.4 Å².